The van der Waals surface area contributed by atoms with Gasteiger partial charge in [-0.2, -0.15) is 0 Å². The SMILES string of the molecule is CS(=O)(=O)c1ccc(CNc2ccc3nnnn3n2)cc1. The molecule has 0 aliphatic rings. The quantitative estimate of drug-likeness (QED) is 0.750. The smallest absolute Gasteiger partial charge is 0.200 e. The molecule has 9 heteroatoms. The minimum Gasteiger partial charge on any atom is -0.365 e. The van der Waals surface area contributed by atoms with Gasteiger partial charge in [0.25, 0.3) is 0 Å². The van der Waals surface area contributed by atoms with Crippen LogP contribution in [0.5, 0.6) is 0 Å². The summed E-state index contributed by atoms with van der Waals surface area (Å²) in [5.74, 6) is 0.627. The van der Waals surface area contributed by atoms with Crippen LogP contribution in [-0.4, -0.2) is 39.9 Å². The Bertz CT molecular complexity index is 872. The molecule has 8 nitrogen and oxygen atoms in total. The maximum Gasteiger partial charge on any atom is 0.200 e. The Morgan fingerprint density at radius 3 is 2.62 bits per heavy atom. The summed E-state index contributed by atoms with van der Waals surface area (Å²) in [5.41, 5.74) is 1.51. The summed E-state index contributed by atoms with van der Waals surface area (Å²) in [6.45, 7) is 0.519. The number of hydrogen-bond donors (Lipinski definition) is 1. The fraction of sp³-hybridized carbons (Fsp3) is 0.167. The van der Waals surface area contributed by atoms with Crippen molar-refractivity contribution in [3.63, 3.8) is 0 Å². The first kappa shape index (κ1) is 13.4. The molecule has 0 fully saturated rings. The third-order valence-electron chi connectivity index (χ3n) is 2.89. The van der Waals surface area contributed by atoms with E-state index >= 15 is 0 Å². The summed E-state index contributed by atoms with van der Waals surface area (Å²) in [6.07, 6.45) is 1.19. The molecule has 0 atom stereocenters. The van der Waals surface area contributed by atoms with Gasteiger partial charge in [0.15, 0.2) is 15.5 Å². The number of rotatable bonds is 4. The normalized spacial score (nSPS) is 11.7. The predicted molar refractivity (Wildman–Crippen MR) is 75.5 cm³/mol. The van der Waals surface area contributed by atoms with Crippen LogP contribution in [0.3, 0.4) is 0 Å². The minimum absolute atomic E-state index is 0.305. The van der Waals surface area contributed by atoms with Gasteiger partial charge in [-0.15, -0.1) is 14.8 Å². The lowest BCUT2D eigenvalue weighted by Gasteiger charge is -2.06. The first-order chi connectivity index (χ1) is 10.0. The van der Waals surface area contributed by atoms with Crippen LogP contribution in [-0.2, 0) is 16.4 Å². The van der Waals surface area contributed by atoms with E-state index in [1.807, 2.05) is 0 Å². The molecule has 0 amide bonds. The Morgan fingerprint density at radius 2 is 1.90 bits per heavy atom. The third-order valence-corrected chi connectivity index (χ3v) is 4.02. The Kier molecular flexibility index (Phi) is 3.26. The number of nitrogens with one attached hydrogen (secondary N) is 1. The van der Waals surface area contributed by atoms with Gasteiger partial charge in [-0.3, -0.25) is 0 Å². The zero-order chi connectivity index (χ0) is 14.9. The molecule has 108 valence electrons. The molecule has 0 saturated carbocycles. The predicted octanol–water partition coefficient (Wildman–Crippen LogP) is 0.535. The molecule has 21 heavy (non-hydrogen) atoms. The van der Waals surface area contributed by atoms with Gasteiger partial charge in [-0.25, -0.2) is 8.42 Å². The summed E-state index contributed by atoms with van der Waals surface area (Å²) >= 11 is 0. The molecule has 2 heterocycles. The second-order valence-electron chi connectivity index (χ2n) is 4.51. The van der Waals surface area contributed by atoms with Crippen LogP contribution < -0.4 is 5.32 Å². The molecular weight excluding hydrogens is 292 g/mol. The topological polar surface area (TPSA) is 102 Å². The molecule has 1 aromatic carbocycles. The van der Waals surface area contributed by atoms with Gasteiger partial charge >= 0.3 is 0 Å². The Hall–Kier alpha value is -2.55. The summed E-state index contributed by atoms with van der Waals surface area (Å²) in [5, 5.41) is 18.3. The first-order valence-corrected chi connectivity index (χ1v) is 8.00. The van der Waals surface area contributed by atoms with Crippen molar-refractivity contribution in [3.8, 4) is 0 Å². The summed E-state index contributed by atoms with van der Waals surface area (Å²) < 4.78 is 24.1. The van der Waals surface area contributed by atoms with E-state index in [-0.39, 0.29) is 0 Å². The standard InChI is InChI=1S/C12H12N6O2S/c1-21(19,20)10-4-2-9(3-5-10)8-13-11-6-7-12-14-16-17-18(12)15-11/h2-7H,8H2,1H3,(H,13,15). The molecular formula is C12H12N6O2S. The fourth-order valence-electron chi connectivity index (χ4n) is 1.79. The number of fused-ring (bicyclic) bond motifs is 1. The third kappa shape index (κ3) is 2.97. The van der Waals surface area contributed by atoms with Crippen molar-refractivity contribution in [2.45, 2.75) is 11.4 Å². The molecule has 3 rings (SSSR count). The highest BCUT2D eigenvalue weighted by atomic mass is 32.2. The number of anilines is 1. The van der Waals surface area contributed by atoms with E-state index in [1.54, 1.807) is 36.4 Å². The van der Waals surface area contributed by atoms with Crippen LogP contribution in [0.4, 0.5) is 5.82 Å². The van der Waals surface area contributed by atoms with E-state index in [4.69, 9.17) is 0 Å². The average Bonchev–Trinajstić information content (AvgIpc) is 2.92. The van der Waals surface area contributed by atoms with E-state index in [2.05, 4.69) is 25.9 Å². The molecule has 0 aliphatic heterocycles. The van der Waals surface area contributed by atoms with Crippen LogP contribution in [0, 0.1) is 0 Å². The number of hydrogen-bond acceptors (Lipinski definition) is 7. The second-order valence-corrected chi connectivity index (χ2v) is 6.53. The monoisotopic (exact) mass is 304 g/mol. The first-order valence-electron chi connectivity index (χ1n) is 6.11. The summed E-state index contributed by atoms with van der Waals surface area (Å²) in [7, 11) is -3.16. The highest BCUT2D eigenvalue weighted by Crippen LogP contribution is 2.12. The lowest BCUT2D eigenvalue weighted by Crippen LogP contribution is -2.05. The molecule has 0 radical (unpaired) electrons. The summed E-state index contributed by atoms with van der Waals surface area (Å²) in [6, 6.07) is 10.2. The van der Waals surface area contributed by atoms with Crippen molar-refractivity contribution >= 4 is 21.3 Å². The highest BCUT2D eigenvalue weighted by molar-refractivity contribution is 7.90. The van der Waals surface area contributed by atoms with Crippen LogP contribution in [0.25, 0.3) is 5.65 Å². The van der Waals surface area contributed by atoms with Gasteiger partial charge in [0.2, 0.25) is 0 Å². The number of nitrogens with zero attached hydrogens (tertiary/aromatic N) is 5. The highest BCUT2D eigenvalue weighted by Gasteiger charge is 2.06. The second kappa shape index (κ2) is 5.09. The molecule has 1 N–H and O–H groups in total. The maximum absolute atomic E-state index is 11.4. The van der Waals surface area contributed by atoms with Crippen molar-refractivity contribution in [2.24, 2.45) is 0 Å². The van der Waals surface area contributed by atoms with Gasteiger partial charge < -0.3 is 5.32 Å². The van der Waals surface area contributed by atoms with Crippen LogP contribution >= 0.6 is 0 Å². The number of benzene rings is 1. The number of aromatic nitrogens is 5. The van der Waals surface area contributed by atoms with E-state index in [1.165, 1.54) is 10.9 Å². The average molecular weight is 304 g/mol. The van der Waals surface area contributed by atoms with Crippen LogP contribution in [0.1, 0.15) is 5.56 Å². The van der Waals surface area contributed by atoms with Gasteiger partial charge in [-0.1, -0.05) is 12.1 Å². The Labute approximate surface area is 120 Å². The number of tetrazole rings is 1. The molecule has 2 aromatic heterocycles. The fourth-order valence-corrected chi connectivity index (χ4v) is 2.42. The molecule has 0 saturated heterocycles. The summed E-state index contributed by atoms with van der Waals surface area (Å²) in [4.78, 5) is 0.305. The zero-order valence-corrected chi connectivity index (χ0v) is 11.9. The lowest BCUT2D eigenvalue weighted by atomic mass is 10.2. The van der Waals surface area contributed by atoms with Crippen molar-refractivity contribution in [1.29, 1.82) is 0 Å². The molecule has 0 aliphatic carbocycles. The van der Waals surface area contributed by atoms with Crippen molar-refractivity contribution in [2.75, 3.05) is 11.6 Å². The van der Waals surface area contributed by atoms with Crippen molar-refractivity contribution < 1.29 is 8.42 Å². The molecule has 3 aromatic rings. The van der Waals surface area contributed by atoms with Gasteiger partial charge in [-0.05, 0) is 40.3 Å². The van der Waals surface area contributed by atoms with Gasteiger partial charge in [0, 0.05) is 12.8 Å². The van der Waals surface area contributed by atoms with Gasteiger partial charge in [0.1, 0.15) is 5.82 Å². The van der Waals surface area contributed by atoms with Crippen LogP contribution in [0.2, 0.25) is 0 Å². The lowest BCUT2D eigenvalue weighted by molar-refractivity contribution is 0.602. The van der Waals surface area contributed by atoms with Crippen molar-refractivity contribution in [3.05, 3.63) is 42.0 Å². The van der Waals surface area contributed by atoms with E-state index in [9.17, 15) is 8.42 Å². The maximum atomic E-state index is 11.4. The van der Waals surface area contributed by atoms with E-state index < -0.39 is 9.84 Å². The minimum atomic E-state index is -3.16. The Balaban J connectivity index is 1.72. The van der Waals surface area contributed by atoms with E-state index in [0.717, 1.165) is 5.56 Å². The Morgan fingerprint density at radius 1 is 1.14 bits per heavy atom. The molecule has 0 spiro atoms. The van der Waals surface area contributed by atoms with E-state index in [0.29, 0.717) is 22.9 Å². The van der Waals surface area contributed by atoms with Crippen LogP contribution in [0.15, 0.2) is 41.3 Å². The number of sulfone groups is 1. The molecule has 0 unspecified atom stereocenters. The zero-order valence-electron chi connectivity index (χ0n) is 11.1. The van der Waals surface area contributed by atoms with Crippen molar-refractivity contribution in [1.82, 2.24) is 25.3 Å². The van der Waals surface area contributed by atoms with Gasteiger partial charge in [0.05, 0.1) is 4.90 Å². The molecule has 0 bridgehead atoms. The largest absolute Gasteiger partial charge is 0.365 e.